The number of hydrogen-bond acceptors (Lipinski definition) is 3. The van der Waals surface area contributed by atoms with Crippen LogP contribution in [0, 0.1) is 5.92 Å². The molecule has 0 aliphatic rings. The summed E-state index contributed by atoms with van der Waals surface area (Å²) in [6, 6.07) is 0. The molecule has 0 aromatic heterocycles. The normalized spacial score (nSPS) is 11.9. The van der Waals surface area contributed by atoms with E-state index in [1.165, 1.54) is 6.92 Å². The molecule has 0 radical (unpaired) electrons. The lowest BCUT2D eigenvalue weighted by Gasteiger charge is -2.12. The maximum atomic E-state index is 11.5. The van der Waals surface area contributed by atoms with Gasteiger partial charge in [-0.05, 0) is 19.8 Å². The molecular formula is C12H20O3. The summed E-state index contributed by atoms with van der Waals surface area (Å²) in [5, 5.41) is 0. The molecule has 0 aliphatic carbocycles. The van der Waals surface area contributed by atoms with E-state index >= 15 is 0 Å². The van der Waals surface area contributed by atoms with Crippen LogP contribution in [0.3, 0.4) is 0 Å². The van der Waals surface area contributed by atoms with E-state index in [1.807, 2.05) is 6.92 Å². The third kappa shape index (κ3) is 5.35. The highest BCUT2D eigenvalue weighted by Gasteiger charge is 2.20. The summed E-state index contributed by atoms with van der Waals surface area (Å²) in [5.41, 5.74) is 0.258. The largest absolute Gasteiger partial charge is 0.389 e. The summed E-state index contributed by atoms with van der Waals surface area (Å²) in [4.78, 5) is 22.6. The Hall–Kier alpha value is -1.12. The third-order valence-electron chi connectivity index (χ3n) is 2.27. The highest BCUT2D eigenvalue weighted by atomic mass is 16.6. The van der Waals surface area contributed by atoms with Gasteiger partial charge in [0.15, 0.2) is 0 Å². The summed E-state index contributed by atoms with van der Waals surface area (Å²) in [6.45, 7) is 8.95. The zero-order valence-electron chi connectivity index (χ0n) is 9.84. The molecule has 0 aromatic rings. The summed E-state index contributed by atoms with van der Waals surface area (Å²) >= 11 is 0. The van der Waals surface area contributed by atoms with E-state index in [0.29, 0.717) is 6.42 Å². The molecule has 0 amide bonds. The Kier molecular flexibility index (Phi) is 6.67. The van der Waals surface area contributed by atoms with Gasteiger partial charge in [0.25, 0.3) is 0 Å². The Balaban J connectivity index is 4.15. The molecule has 0 N–H and O–H groups in total. The van der Waals surface area contributed by atoms with Crippen LogP contribution in [0.25, 0.3) is 0 Å². The van der Waals surface area contributed by atoms with Gasteiger partial charge in [-0.1, -0.05) is 33.3 Å². The Bertz CT molecular complexity index is 243. The molecule has 0 fully saturated rings. The van der Waals surface area contributed by atoms with Gasteiger partial charge in [0.2, 0.25) is 0 Å². The predicted octanol–water partition coefficient (Wildman–Crippen LogP) is 2.85. The van der Waals surface area contributed by atoms with Crippen LogP contribution >= 0.6 is 0 Å². The van der Waals surface area contributed by atoms with Crippen molar-refractivity contribution in [3.8, 4) is 0 Å². The van der Waals surface area contributed by atoms with Gasteiger partial charge in [-0.3, -0.25) is 4.79 Å². The van der Waals surface area contributed by atoms with Crippen molar-refractivity contribution in [3.63, 3.8) is 0 Å². The van der Waals surface area contributed by atoms with Crippen LogP contribution in [0.4, 0.5) is 0 Å². The Morgan fingerprint density at radius 3 is 2.33 bits per heavy atom. The second kappa shape index (κ2) is 7.21. The SMILES string of the molecule is C=C(C)C(=O)OC(=O)C(CC)CCCC. The first-order valence-electron chi connectivity index (χ1n) is 5.44. The van der Waals surface area contributed by atoms with Crippen molar-refractivity contribution in [1.82, 2.24) is 0 Å². The molecule has 15 heavy (non-hydrogen) atoms. The summed E-state index contributed by atoms with van der Waals surface area (Å²) in [6.07, 6.45) is 3.52. The minimum absolute atomic E-state index is 0.159. The zero-order valence-corrected chi connectivity index (χ0v) is 9.84. The van der Waals surface area contributed by atoms with E-state index in [2.05, 4.69) is 18.2 Å². The molecule has 0 rings (SSSR count). The average molecular weight is 212 g/mol. The molecule has 0 saturated heterocycles. The molecule has 0 saturated carbocycles. The van der Waals surface area contributed by atoms with Gasteiger partial charge < -0.3 is 4.74 Å². The van der Waals surface area contributed by atoms with E-state index in [9.17, 15) is 9.59 Å². The number of rotatable bonds is 6. The molecule has 0 aliphatic heterocycles. The maximum absolute atomic E-state index is 11.5. The zero-order chi connectivity index (χ0) is 11.8. The predicted molar refractivity (Wildman–Crippen MR) is 59.2 cm³/mol. The molecular weight excluding hydrogens is 192 g/mol. The van der Waals surface area contributed by atoms with E-state index in [0.717, 1.165) is 19.3 Å². The Morgan fingerprint density at radius 1 is 1.33 bits per heavy atom. The molecule has 0 spiro atoms. The fourth-order valence-corrected chi connectivity index (χ4v) is 1.20. The van der Waals surface area contributed by atoms with Gasteiger partial charge in [0.1, 0.15) is 0 Å². The molecule has 0 bridgehead atoms. The van der Waals surface area contributed by atoms with Crippen LogP contribution in [0.5, 0.6) is 0 Å². The van der Waals surface area contributed by atoms with Crippen LogP contribution in [-0.2, 0) is 14.3 Å². The first-order chi connectivity index (χ1) is 7.02. The van der Waals surface area contributed by atoms with Crippen LogP contribution in [0.15, 0.2) is 12.2 Å². The molecule has 0 heterocycles. The van der Waals surface area contributed by atoms with E-state index < -0.39 is 11.9 Å². The summed E-state index contributed by atoms with van der Waals surface area (Å²) < 4.78 is 4.68. The first kappa shape index (κ1) is 13.9. The molecule has 3 nitrogen and oxygen atoms in total. The fourth-order valence-electron chi connectivity index (χ4n) is 1.20. The number of carbonyl (C=O) groups excluding carboxylic acids is 2. The monoisotopic (exact) mass is 212 g/mol. The van der Waals surface area contributed by atoms with Crippen molar-refractivity contribution in [3.05, 3.63) is 12.2 Å². The van der Waals surface area contributed by atoms with Crippen molar-refractivity contribution < 1.29 is 14.3 Å². The van der Waals surface area contributed by atoms with Gasteiger partial charge >= 0.3 is 11.9 Å². The van der Waals surface area contributed by atoms with Gasteiger partial charge in [-0.15, -0.1) is 0 Å². The first-order valence-corrected chi connectivity index (χ1v) is 5.44. The van der Waals surface area contributed by atoms with Crippen molar-refractivity contribution in [2.75, 3.05) is 0 Å². The van der Waals surface area contributed by atoms with Gasteiger partial charge in [0.05, 0.1) is 5.92 Å². The number of ether oxygens (including phenoxy) is 1. The van der Waals surface area contributed by atoms with Crippen molar-refractivity contribution in [2.45, 2.75) is 46.5 Å². The molecule has 86 valence electrons. The van der Waals surface area contributed by atoms with Crippen LogP contribution < -0.4 is 0 Å². The van der Waals surface area contributed by atoms with E-state index in [4.69, 9.17) is 0 Å². The van der Waals surface area contributed by atoms with Gasteiger partial charge in [-0.2, -0.15) is 0 Å². The van der Waals surface area contributed by atoms with E-state index in [-0.39, 0.29) is 11.5 Å². The molecule has 3 heteroatoms. The average Bonchev–Trinajstić information content (AvgIpc) is 2.18. The number of unbranched alkanes of at least 4 members (excludes halogenated alkanes) is 1. The number of carbonyl (C=O) groups is 2. The highest BCUT2D eigenvalue weighted by molar-refractivity contribution is 5.95. The highest BCUT2D eigenvalue weighted by Crippen LogP contribution is 2.14. The smallest absolute Gasteiger partial charge is 0.340 e. The Morgan fingerprint density at radius 2 is 1.93 bits per heavy atom. The molecule has 0 aromatic carbocycles. The standard InChI is InChI=1S/C12H20O3/c1-5-7-8-10(6-2)12(14)15-11(13)9(3)4/h10H,3,5-8H2,1-2,4H3. The minimum Gasteiger partial charge on any atom is -0.389 e. The lowest BCUT2D eigenvalue weighted by atomic mass is 10.00. The van der Waals surface area contributed by atoms with Crippen LogP contribution in [-0.4, -0.2) is 11.9 Å². The Labute approximate surface area is 91.5 Å². The van der Waals surface area contributed by atoms with E-state index in [1.54, 1.807) is 0 Å². The lowest BCUT2D eigenvalue weighted by Crippen LogP contribution is -2.21. The summed E-state index contributed by atoms with van der Waals surface area (Å²) in [7, 11) is 0. The van der Waals surface area contributed by atoms with Crippen LogP contribution in [0.1, 0.15) is 46.5 Å². The van der Waals surface area contributed by atoms with Crippen molar-refractivity contribution in [2.24, 2.45) is 5.92 Å². The minimum atomic E-state index is -0.616. The van der Waals surface area contributed by atoms with Crippen LogP contribution in [0.2, 0.25) is 0 Å². The number of hydrogen-bond donors (Lipinski definition) is 0. The number of esters is 2. The second-order valence-electron chi connectivity index (χ2n) is 3.74. The second-order valence-corrected chi connectivity index (χ2v) is 3.74. The molecule has 1 atom stereocenters. The van der Waals surface area contributed by atoms with Gasteiger partial charge in [0, 0.05) is 5.57 Å². The summed E-state index contributed by atoms with van der Waals surface area (Å²) in [5.74, 6) is -1.19. The quantitative estimate of drug-likeness (QED) is 0.386. The van der Waals surface area contributed by atoms with Crippen molar-refractivity contribution in [1.29, 1.82) is 0 Å². The molecule has 1 unspecified atom stereocenters. The van der Waals surface area contributed by atoms with Gasteiger partial charge in [-0.25, -0.2) is 4.79 Å². The van der Waals surface area contributed by atoms with Crippen molar-refractivity contribution >= 4 is 11.9 Å². The third-order valence-corrected chi connectivity index (χ3v) is 2.27. The lowest BCUT2D eigenvalue weighted by molar-refractivity contribution is -0.160. The topological polar surface area (TPSA) is 43.4 Å². The fraction of sp³-hybridized carbons (Fsp3) is 0.667. The maximum Gasteiger partial charge on any atom is 0.340 e.